The summed E-state index contributed by atoms with van der Waals surface area (Å²) in [4.78, 5) is 26.8. The molecule has 6 nitrogen and oxygen atoms in total. The number of carboxylic acids is 1. The van der Waals surface area contributed by atoms with Crippen molar-refractivity contribution in [2.75, 3.05) is 39.3 Å². The van der Waals surface area contributed by atoms with Gasteiger partial charge in [-0.1, -0.05) is 13.8 Å². The third-order valence-electron chi connectivity index (χ3n) is 3.65. The Morgan fingerprint density at radius 3 is 2.26 bits per heavy atom. The lowest BCUT2D eigenvalue weighted by molar-refractivity contribution is -0.144. The van der Waals surface area contributed by atoms with Crippen molar-refractivity contribution < 1.29 is 14.7 Å². The standard InChI is InChI=1S/C13H25N3O3/c1-4-14-9-10(2)12(17)16-7-5-15(6-8-16)11(3)13(18)19/h10-11,14H,4-9H2,1-3H3,(H,18,19). The zero-order valence-corrected chi connectivity index (χ0v) is 12.1. The van der Waals surface area contributed by atoms with Crippen LogP contribution in [0.3, 0.4) is 0 Å². The second kappa shape index (κ2) is 7.45. The fourth-order valence-corrected chi connectivity index (χ4v) is 2.25. The Bertz CT molecular complexity index is 314. The van der Waals surface area contributed by atoms with Gasteiger partial charge in [0.05, 0.1) is 0 Å². The van der Waals surface area contributed by atoms with Crippen LogP contribution in [0.25, 0.3) is 0 Å². The van der Waals surface area contributed by atoms with Crippen LogP contribution in [-0.4, -0.2) is 72.1 Å². The Kier molecular flexibility index (Phi) is 6.24. The Hall–Kier alpha value is -1.14. The van der Waals surface area contributed by atoms with E-state index in [-0.39, 0.29) is 11.8 Å². The first kappa shape index (κ1) is 15.9. The molecule has 2 N–H and O–H groups in total. The lowest BCUT2D eigenvalue weighted by atomic mass is 10.1. The molecule has 110 valence electrons. The first-order valence-corrected chi connectivity index (χ1v) is 6.93. The molecule has 1 fully saturated rings. The molecule has 19 heavy (non-hydrogen) atoms. The van der Waals surface area contributed by atoms with E-state index in [4.69, 9.17) is 5.11 Å². The number of rotatable bonds is 6. The average Bonchev–Trinajstić information content (AvgIpc) is 2.43. The lowest BCUT2D eigenvalue weighted by Crippen LogP contribution is -2.54. The smallest absolute Gasteiger partial charge is 0.320 e. The minimum atomic E-state index is -0.805. The third-order valence-corrected chi connectivity index (χ3v) is 3.65. The Balaban J connectivity index is 2.40. The predicted molar refractivity (Wildman–Crippen MR) is 73.0 cm³/mol. The number of aliphatic carboxylic acids is 1. The molecule has 1 heterocycles. The second-order valence-corrected chi connectivity index (χ2v) is 5.08. The van der Waals surface area contributed by atoms with Crippen LogP contribution < -0.4 is 5.32 Å². The minimum absolute atomic E-state index is 0.0246. The number of carboxylic acid groups (broad SMARTS) is 1. The first-order valence-electron chi connectivity index (χ1n) is 6.93. The summed E-state index contributed by atoms with van der Waals surface area (Å²) >= 11 is 0. The number of amides is 1. The maximum atomic E-state index is 12.2. The van der Waals surface area contributed by atoms with E-state index >= 15 is 0 Å². The van der Waals surface area contributed by atoms with Gasteiger partial charge in [0.25, 0.3) is 0 Å². The number of carbonyl (C=O) groups is 2. The molecule has 0 saturated carbocycles. The van der Waals surface area contributed by atoms with E-state index in [1.54, 1.807) is 6.92 Å². The molecule has 2 atom stereocenters. The Labute approximate surface area is 114 Å². The number of nitrogens with one attached hydrogen (secondary N) is 1. The summed E-state index contributed by atoms with van der Waals surface area (Å²) in [5.74, 6) is -0.674. The van der Waals surface area contributed by atoms with Gasteiger partial charge in [-0.05, 0) is 13.5 Å². The van der Waals surface area contributed by atoms with E-state index in [9.17, 15) is 9.59 Å². The van der Waals surface area contributed by atoms with Crippen molar-refractivity contribution in [2.45, 2.75) is 26.8 Å². The molecule has 0 bridgehead atoms. The van der Waals surface area contributed by atoms with Crippen LogP contribution in [0.2, 0.25) is 0 Å². The van der Waals surface area contributed by atoms with Gasteiger partial charge in [0, 0.05) is 38.6 Å². The van der Waals surface area contributed by atoms with Crippen molar-refractivity contribution in [3.05, 3.63) is 0 Å². The highest BCUT2D eigenvalue weighted by atomic mass is 16.4. The number of hydrogen-bond acceptors (Lipinski definition) is 4. The molecule has 1 aliphatic heterocycles. The van der Waals surface area contributed by atoms with E-state index in [0.29, 0.717) is 32.7 Å². The summed E-state index contributed by atoms with van der Waals surface area (Å²) in [6, 6.07) is -0.476. The Morgan fingerprint density at radius 2 is 1.79 bits per heavy atom. The van der Waals surface area contributed by atoms with Crippen LogP contribution in [0.15, 0.2) is 0 Å². The van der Waals surface area contributed by atoms with E-state index in [2.05, 4.69) is 5.32 Å². The molecule has 0 aliphatic carbocycles. The molecule has 2 unspecified atom stereocenters. The molecule has 0 spiro atoms. The summed E-state index contributed by atoms with van der Waals surface area (Å²) < 4.78 is 0. The van der Waals surface area contributed by atoms with Crippen molar-refractivity contribution in [3.63, 3.8) is 0 Å². The average molecular weight is 271 g/mol. The maximum absolute atomic E-state index is 12.2. The van der Waals surface area contributed by atoms with Crippen LogP contribution in [0.1, 0.15) is 20.8 Å². The normalized spacial score (nSPS) is 20.1. The number of carbonyl (C=O) groups excluding carboxylic acids is 1. The molecule has 1 rings (SSSR count). The minimum Gasteiger partial charge on any atom is -0.480 e. The highest BCUT2D eigenvalue weighted by Crippen LogP contribution is 2.10. The molecule has 6 heteroatoms. The largest absolute Gasteiger partial charge is 0.480 e. The fourth-order valence-electron chi connectivity index (χ4n) is 2.25. The quantitative estimate of drug-likeness (QED) is 0.703. The van der Waals surface area contributed by atoms with E-state index in [1.165, 1.54) is 0 Å². The predicted octanol–water partition coefficient (Wildman–Crippen LogP) is -0.151. The van der Waals surface area contributed by atoms with Crippen LogP contribution >= 0.6 is 0 Å². The van der Waals surface area contributed by atoms with Crippen LogP contribution in [0, 0.1) is 5.92 Å². The van der Waals surface area contributed by atoms with Crippen molar-refractivity contribution in [2.24, 2.45) is 5.92 Å². The summed E-state index contributed by atoms with van der Waals surface area (Å²) in [7, 11) is 0. The van der Waals surface area contributed by atoms with Gasteiger partial charge in [-0.25, -0.2) is 0 Å². The molecule has 0 aromatic heterocycles. The number of piperazine rings is 1. The van der Waals surface area contributed by atoms with Crippen LogP contribution in [0.4, 0.5) is 0 Å². The summed E-state index contributed by atoms with van der Waals surface area (Å²) in [6.45, 7) is 9.69. The zero-order chi connectivity index (χ0) is 14.4. The van der Waals surface area contributed by atoms with Crippen LogP contribution in [0.5, 0.6) is 0 Å². The maximum Gasteiger partial charge on any atom is 0.320 e. The van der Waals surface area contributed by atoms with Gasteiger partial charge < -0.3 is 15.3 Å². The van der Waals surface area contributed by atoms with Gasteiger partial charge in [0.1, 0.15) is 6.04 Å². The SMILES string of the molecule is CCNCC(C)C(=O)N1CCN(C(C)C(=O)O)CC1. The van der Waals surface area contributed by atoms with Gasteiger partial charge in [-0.3, -0.25) is 14.5 Å². The number of hydrogen-bond donors (Lipinski definition) is 2. The third kappa shape index (κ3) is 4.47. The molecule has 0 radical (unpaired) electrons. The second-order valence-electron chi connectivity index (χ2n) is 5.08. The monoisotopic (exact) mass is 271 g/mol. The molecule has 1 saturated heterocycles. The topological polar surface area (TPSA) is 72.9 Å². The molecule has 1 amide bonds. The summed E-state index contributed by atoms with van der Waals surface area (Å²) in [6.07, 6.45) is 0. The van der Waals surface area contributed by atoms with Gasteiger partial charge >= 0.3 is 5.97 Å². The van der Waals surface area contributed by atoms with Gasteiger partial charge in [-0.2, -0.15) is 0 Å². The van der Waals surface area contributed by atoms with Crippen molar-refractivity contribution in [1.82, 2.24) is 15.1 Å². The molecule has 0 aromatic carbocycles. The van der Waals surface area contributed by atoms with Crippen molar-refractivity contribution >= 4 is 11.9 Å². The van der Waals surface area contributed by atoms with Gasteiger partial charge in [-0.15, -0.1) is 0 Å². The Morgan fingerprint density at radius 1 is 1.21 bits per heavy atom. The lowest BCUT2D eigenvalue weighted by Gasteiger charge is -2.37. The van der Waals surface area contributed by atoms with Crippen molar-refractivity contribution in [1.29, 1.82) is 0 Å². The zero-order valence-electron chi connectivity index (χ0n) is 12.1. The first-order chi connectivity index (χ1) is 8.97. The van der Waals surface area contributed by atoms with Gasteiger partial charge in [0.2, 0.25) is 5.91 Å². The summed E-state index contributed by atoms with van der Waals surface area (Å²) in [5.41, 5.74) is 0. The van der Waals surface area contributed by atoms with Crippen molar-refractivity contribution in [3.8, 4) is 0 Å². The van der Waals surface area contributed by atoms with E-state index in [0.717, 1.165) is 6.54 Å². The van der Waals surface area contributed by atoms with E-state index in [1.807, 2.05) is 23.6 Å². The number of nitrogens with zero attached hydrogens (tertiary/aromatic N) is 2. The van der Waals surface area contributed by atoms with Gasteiger partial charge in [0.15, 0.2) is 0 Å². The highest BCUT2D eigenvalue weighted by Gasteiger charge is 2.28. The summed E-state index contributed by atoms with van der Waals surface area (Å²) in [5, 5.41) is 12.1. The molecular weight excluding hydrogens is 246 g/mol. The molecular formula is C13H25N3O3. The molecule has 1 aliphatic rings. The highest BCUT2D eigenvalue weighted by molar-refractivity contribution is 5.79. The molecule has 0 aromatic rings. The van der Waals surface area contributed by atoms with Crippen LogP contribution in [-0.2, 0) is 9.59 Å². The van der Waals surface area contributed by atoms with E-state index < -0.39 is 12.0 Å². The fraction of sp³-hybridized carbons (Fsp3) is 0.846.